The Balaban J connectivity index is 1.54. The first-order chi connectivity index (χ1) is 12.1. The first-order valence-corrected chi connectivity index (χ1v) is 7.86. The zero-order chi connectivity index (χ0) is 17.4. The van der Waals surface area contributed by atoms with Gasteiger partial charge in [0, 0.05) is 10.6 Å². The Labute approximate surface area is 151 Å². The number of carbonyl (C=O) groups is 1. The van der Waals surface area contributed by atoms with Crippen molar-refractivity contribution in [1.82, 2.24) is 10.2 Å². The summed E-state index contributed by atoms with van der Waals surface area (Å²) in [5.41, 5.74) is 0.885. The molecule has 2 heterocycles. The summed E-state index contributed by atoms with van der Waals surface area (Å²) in [4.78, 5) is 12.3. The molecule has 0 bridgehead atoms. The molecule has 1 aliphatic rings. The molecule has 126 valence electrons. The Bertz CT molecular complexity index is 974. The predicted molar refractivity (Wildman–Crippen MR) is 90.3 cm³/mol. The number of amides is 1. The van der Waals surface area contributed by atoms with Crippen LogP contribution in [0.5, 0.6) is 11.5 Å². The Morgan fingerprint density at radius 1 is 1.04 bits per heavy atom. The maximum atomic E-state index is 12.3. The van der Waals surface area contributed by atoms with E-state index in [1.807, 2.05) is 0 Å². The van der Waals surface area contributed by atoms with Crippen LogP contribution in [0.4, 0.5) is 6.01 Å². The number of aromatic nitrogens is 2. The zero-order valence-corrected chi connectivity index (χ0v) is 14.0. The minimum absolute atomic E-state index is 0.0521. The third kappa shape index (κ3) is 3.11. The molecule has 25 heavy (non-hydrogen) atoms. The molecule has 0 unspecified atom stereocenters. The summed E-state index contributed by atoms with van der Waals surface area (Å²) in [6.45, 7) is 0.134. The Hall–Kier alpha value is -2.77. The average Bonchev–Trinajstić information content (AvgIpc) is 3.23. The van der Waals surface area contributed by atoms with Gasteiger partial charge in [0.25, 0.3) is 11.8 Å². The van der Waals surface area contributed by atoms with Crippen LogP contribution in [0, 0.1) is 0 Å². The fourth-order valence-corrected chi connectivity index (χ4v) is 2.74. The Morgan fingerprint density at radius 3 is 2.72 bits per heavy atom. The zero-order valence-electron chi connectivity index (χ0n) is 12.5. The van der Waals surface area contributed by atoms with E-state index < -0.39 is 5.91 Å². The highest BCUT2D eigenvalue weighted by Crippen LogP contribution is 2.33. The highest BCUT2D eigenvalue weighted by molar-refractivity contribution is 6.36. The summed E-state index contributed by atoms with van der Waals surface area (Å²) < 4.78 is 15.9. The fraction of sp³-hybridized carbons (Fsp3) is 0.0625. The average molecular weight is 378 g/mol. The molecule has 3 aromatic rings. The lowest BCUT2D eigenvalue weighted by atomic mass is 10.2. The van der Waals surface area contributed by atoms with Gasteiger partial charge in [0.2, 0.25) is 6.79 Å². The van der Waals surface area contributed by atoms with Crippen LogP contribution in [-0.4, -0.2) is 22.9 Å². The normalized spacial score (nSPS) is 12.2. The SMILES string of the molecule is O=C(Nc1nnc(-c2ccc(Cl)cc2Cl)o1)c1ccc2c(c1)OCO2. The quantitative estimate of drug-likeness (QED) is 0.741. The van der Waals surface area contributed by atoms with Gasteiger partial charge < -0.3 is 13.9 Å². The number of hydrogen-bond donors (Lipinski definition) is 1. The van der Waals surface area contributed by atoms with Crippen LogP contribution in [-0.2, 0) is 0 Å². The van der Waals surface area contributed by atoms with E-state index in [0.29, 0.717) is 32.7 Å². The second-order valence-corrected chi connectivity index (χ2v) is 5.90. The summed E-state index contributed by atoms with van der Waals surface area (Å²) in [5.74, 6) is 0.846. The maximum Gasteiger partial charge on any atom is 0.322 e. The third-order valence-corrected chi connectivity index (χ3v) is 3.99. The molecule has 7 nitrogen and oxygen atoms in total. The minimum atomic E-state index is -0.421. The summed E-state index contributed by atoms with van der Waals surface area (Å²) in [5, 5.41) is 11.1. The van der Waals surface area contributed by atoms with Crippen molar-refractivity contribution in [2.45, 2.75) is 0 Å². The molecule has 1 aromatic heterocycles. The first-order valence-electron chi connectivity index (χ1n) is 7.10. The van der Waals surface area contributed by atoms with E-state index in [-0.39, 0.29) is 18.7 Å². The molecular weight excluding hydrogens is 369 g/mol. The number of rotatable bonds is 3. The summed E-state index contributed by atoms with van der Waals surface area (Å²) in [7, 11) is 0. The van der Waals surface area contributed by atoms with Crippen molar-refractivity contribution < 1.29 is 18.7 Å². The number of nitrogens with one attached hydrogen (secondary N) is 1. The van der Waals surface area contributed by atoms with Gasteiger partial charge in [-0.05, 0) is 36.4 Å². The van der Waals surface area contributed by atoms with Gasteiger partial charge in [-0.1, -0.05) is 28.3 Å². The third-order valence-electron chi connectivity index (χ3n) is 3.44. The smallest absolute Gasteiger partial charge is 0.322 e. The fourth-order valence-electron chi connectivity index (χ4n) is 2.25. The van der Waals surface area contributed by atoms with E-state index in [9.17, 15) is 4.79 Å². The molecule has 9 heteroatoms. The van der Waals surface area contributed by atoms with Crippen molar-refractivity contribution in [2.75, 3.05) is 12.1 Å². The number of ether oxygens (including phenoxy) is 2. The van der Waals surface area contributed by atoms with E-state index >= 15 is 0 Å². The van der Waals surface area contributed by atoms with Gasteiger partial charge in [-0.25, -0.2) is 0 Å². The molecule has 4 rings (SSSR count). The molecular formula is C16H9Cl2N3O4. The van der Waals surface area contributed by atoms with Crippen molar-refractivity contribution in [3.63, 3.8) is 0 Å². The van der Waals surface area contributed by atoms with Gasteiger partial charge in [0.15, 0.2) is 11.5 Å². The van der Waals surface area contributed by atoms with Crippen LogP contribution in [0.3, 0.4) is 0 Å². The van der Waals surface area contributed by atoms with Crippen molar-refractivity contribution in [2.24, 2.45) is 0 Å². The van der Waals surface area contributed by atoms with Gasteiger partial charge in [0.1, 0.15) is 0 Å². The van der Waals surface area contributed by atoms with Gasteiger partial charge in [0.05, 0.1) is 10.6 Å². The number of nitrogens with zero attached hydrogens (tertiary/aromatic N) is 2. The number of hydrogen-bond acceptors (Lipinski definition) is 6. The Kier molecular flexibility index (Phi) is 3.95. The lowest BCUT2D eigenvalue weighted by Crippen LogP contribution is -2.12. The van der Waals surface area contributed by atoms with Crippen molar-refractivity contribution in [3.05, 3.63) is 52.0 Å². The standard InChI is InChI=1S/C16H9Cl2N3O4/c17-9-2-3-10(11(18)6-9)15-20-21-16(25-15)19-14(22)8-1-4-12-13(5-8)24-7-23-12/h1-6H,7H2,(H,19,21,22). The van der Waals surface area contributed by atoms with E-state index in [1.165, 1.54) is 0 Å². The van der Waals surface area contributed by atoms with Gasteiger partial charge in [-0.15, -0.1) is 5.10 Å². The predicted octanol–water partition coefficient (Wildman–Crippen LogP) is 4.02. The second-order valence-electron chi connectivity index (χ2n) is 5.06. The monoisotopic (exact) mass is 377 g/mol. The van der Waals surface area contributed by atoms with Crippen LogP contribution in [0.25, 0.3) is 11.5 Å². The van der Waals surface area contributed by atoms with Crippen molar-refractivity contribution >= 4 is 35.1 Å². The molecule has 0 radical (unpaired) electrons. The van der Waals surface area contributed by atoms with Gasteiger partial charge >= 0.3 is 6.01 Å². The van der Waals surface area contributed by atoms with E-state index in [0.717, 1.165) is 0 Å². The molecule has 0 fully saturated rings. The summed E-state index contributed by atoms with van der Waals surface area (Å²) in [6, 6.07) is 9.65. The highest BCUT2D eigenvalue weighted by atomic mass is 35.5. The van der Waals surface area contributed by atoms with Crippen LogP contribution in [0.2, 0.25) is 10.0 Å². The molecule has 0 saturated carbocycles. The lowest BCUT2D eigenvalue weighted by Gasteiger charge is -2.02. The molecule has 1 amide bonds. The number of carbonyl (C=O) groups excluding carboxylic acids is 1. The van der Waals surface area contributed by atoms with Crippen molar-refractivity contribution in [3.8, 4) is 23.0 Å². The molecule has 0 aliphatic carbocycles. The van der Waals surface area contributed by atoms with Gasteiger partial charge in [-0.2, -0.15) is 0 Å². The first kappa shape index (κ1) is 15.7. The van der Waals surface area contributed by atoms with E-state index in [1.54, 1.807) is 36.4 Å². The topological polar surface area (TPSA) is 86.5 Å². The summed E-state index contributed by atoms with van der Waals surface area (Å²) in [6.07, 6.45) is 0. The molecule has 0 atom stereocenters. The van der Waals surface area contributed by atoms with Crippen molar-refractivity contribution in [1.29, 1.82) is 0 Å². The largest absolute Gasteiger partial charge is 0.454 e. The second kappa shape index (κ2) is 6.27. The van der Waals surface area contributed by atoms with E-state index in [2.05, 4.69) is 15.5 Å². The minimum Gasteiger partial charge on any atom is -0.454 e. The van der Waals surface area contributed by atoms with E-state index in [4.69, 9.17) is 37.1 Å². The Morgan fingerprint density at radius 2 is 1.88 bits per heavy atom. The number of fused-ring (bicyclic) bond motifs is 1. The van der Waals surface area contributed by atoms with Crippen LogP contribution < -0.4 is 14.8 Å². The lowest BCUT2D eigenvalue weighted by molar-refractivity contribution is 0.102. The maximum absolute atomic E-state index is 12.3. The number of benzene rings is 2. The van der Waals surface area contributed by atoms with Crippen LogP contribution in [0.1, 0.15) is 10.4 Å². The van der Waals surface area contributed by atoms with Gasteiger partial charge in [-0.3, -0.25) is 10.1 Å². The highest BCUT2D eigenvalue weighted by Gasteiger charge is 2.18. The van der Waals surface area contributed by atoms with Crippen LogP contribution in [0.15, 0.2) is 40.8 Å². The molecule has 1 aliphatic heterocycles. The molecule has 0 spiro atoms. The number of anilines is 1. The molecule has 1 N–H and O–H groups in total. The number of halogens is 2. The van der Waals surface area contributed by atoms with Crippen LogP contribution >= 0.6 is 23.2 Å². The molecule has 0 saturated heterocycles. The molecule has 2 aromatic carbocycles. The summed E-state index contributed by atoms with van der Waals surface area (Å²) >= 11 is 12.0.